The quantitative estimate of drug-likeness (QED) is 0.242. The number of aromatic nitrogens is 1. The van der Waals surface area contributed by atoms with E-state index in [0.29, 0.717) is 21.8 Å². The van der Waals surface area contributed by atoms with Gasteiger partial charge in [-0.1, -0.05) is 54.7 Å². The number of carbonyl (C=O) groups excluding carboxylic acids is 2. The second-order valence-corrected chi connectivity index (χ2v) is 9.63. The molecule has 2 unspecified atom stereocenters. The van der Waals surface area contributed by atoms with Gasteiger partial charge >= 0.3 is 0 Å². The summed E-state index contributed by atoms with van der Waals surface area (Å²) in [5, 5.41) is 4.06. The summed E-state index contributed by atoms with van der Waals surface area (Å²) in [6.45, 7) is 0. The summed E-state index contributed by atoms with van der Waals surface area (Å²) >= 11 is 12.4. The van der Waals surface area contributed by atoms with E-state index in [9.17, 15) is 14.0 Å². The van der Waals surface area contributed by atoms with Crippen LogP contribution in [0.4, 0.5) is 4.39 Å². The van der Waals surface area contributed by atoms with Crippen LogP contribution < -0.4 is 4.74 Å². The second-order valence-electron chi connectivity index (χ2n) is 8.04. The highest BCUT2D eigenvalue weighted by Crippen LogP contribution is 2.48. The Morgan fingerprint density at radius 2 is 1.89 bits per heavy atom. The van der Waals surface area contributed by atoms with Crippen molar-refractivity contribution in [1.29, 1.82) is 0 Å². The molecular weight excluding hydrogens is 507 g/mol. The summed E-state index contributed by atoms with van der Waals surface area (Å²) in [5.74, 6) is -1.84. The molecule has 2 aromatic heterocycles. The molecule has 176 valence electrons. The van der Waals surface area contributed by atoms with E-state index >= 15 is 0 Å². The lowest BCUT2D eigenvalue weighted by molar-refractivity contribution is -0.142. The molecular formula is C26H18ClFN2O3S2. The summed E-state index contributed by atoms with van der Waals surface area (Å²) in [4.78, 5) is 31.8. The normalized spacial score (nSPS) is 20.2. The number of nitrogens with zero attached hydrogens (tertiary/aromatic N) is 2. The van der Waals surface area contributed by atoms with Crippen LogP contribution in [-0.4, -0.2) is 21.0 Å². The zero-order valence-electron chi connectivity index (χ0n) is 18.1. The van der Waals surface area contributed by atoms with Gasteiger partial charge in [-0.3, -0.25) is 13.9 Å². The highest BCUT2D eigenvalue weighted by Gasteiger charge is 2.53. The number of thiol groups is 1. The molecule has 35 heavy (non-hydrogen) atoms. The maximum atomic E-state index is 13.7. The molecule has 2 aromatic carbocycles. The van der Waals surface area contributed by atoms with Crippen molar-refractivity contribution in [2.75, 3.05) is 0 Å². The average Bonchev–Trinajstić information content (AvgIpc) is 3.38. The van der Waals surface area contributed by atoms with Crippen LogP contribution in [0.3, 0.4) is 0 Å². The van der Waals surface area contributed by atoms with E-state index < -0.39 is 23.2 Å². The van der Waals surface area contributed by atoms with Crippen molar-refractivity contribution >= 4 is 47.4 Å². The molecule has 1 saturated heterocycles. The van der Waals surface area contributed by atoms with Gasteiger partial charge in [-0.05, 0) is 52.2 Å². The number of pyridine rings is 1. The summed E-state index contributed by atoms with van der Waals surface area (Å²) in [7, 11) is 0. The van der Waals surface area contributed by atoms with Crippen molar-refractivity contribution in [3.63, 3.8) is 0 Å². The zero-order valence-corrected chi connectivity index (χ0v) is 20.6. The third-order valence-corrected chi connectivity index (χ3v) is 7.52. The van der Waals surface area contributed by atoms with Gasteiger partial charge < -0.3 is 4.74 Å². The molecule has 2 atom stereocenters. The molecule has 1 fully saturated rings. The number of piperidine rings is 1. The van der Waals surface area contributed by atoms with Gasteiger partial charge in [0.2, 0.25) is 11.8 Å². The molecule has 5 nitrogen and oxygen atoms in total. The van der Waals surface area contributed by atoms with Gasteiger partial charge in [-0.2, -0.15) is 11.3 Å². The summed E-state index contributed by atoms with van der Waals surface area (Å²) < 4.78 is 20.7. The fraction of sp³-hybridized carbons (Fsp3) is 0.115. The van der Waals surface area contributed by atoms with Crippen LogP contribution >= 0.6 is 35.8 Å². The minimum atomic E-state index is -1.27. The first kappa shape index (κ1) is 23.5. The van der Waals surface area contributed by atoms with Crippen LogP contribution in [0.1, 0.15) is 29.2 Å². The number of amides is 1. The molecule has 0 saturated carbocycles. The smallest absolute Gasteiger partial charge is 0.248 e. The summed E-state index contributed by atoms with van der Waals surface area (Å²) in [6, 6.07) is 19.4. The Kier molecular flexibility index (Phi) is 6.35. The van der Waals surface area contributed by atoms with Gasteiger partial charge in [-0.15, -0.1) is 0 Å². The maximum absolute atomic E-state index is 13.7. The van der Waals surface area contributed by atoms with E-state index in [4.69, 9.17) is 16.3 Å². The van der Waals surface area contributed by atoms with Gasteiger partial charge in [0.1, 0.15) is 23.0 Å². The Balaban J connectivity index is 1.59. The third-order valence-electron chi connectivity index (χ3n) is 5.95. The van der Waals surface area contributed by atoms with Gasteiger partial charge in [0.05, 0.1) is 5.69 Å². The largest absolute Gasteiger partial charge is 0.439 e. The van der Waals surface area contributed by atoms with Crippen molar-refractivity contribution in [3.8, 4) is 11.6 Å². The number of thiophene rings is 1. The molecule has 1 amide bonds. The molecule has 0 N–H and O–H groups in total. The minimum Gasteiger partial charge on any atom is -0.439 e. The first-order chi connectivity index (χ1) is 16.9. The fourth-order valence-corrected chi connectivity index (χ4v) is 5.69. The lowest BCUT2D eigenvalue weighted by Gasteiger charge is -2.45. The van der Waals surface area contributed by atoms with Crippen LogP contribution in [0.5, 0.6) is 11.6 Å². The number of ether oxygens (including phenoxy) is 1. The fourth-order valence-electron chi connectivity index (χ4n) is 4.32. The number of rotatable bonds is 5. The number of ketones is 1. The Morgan fingerprint density at radius 1 is 1.09 bits per heavy atom. The molecule has 1 aliphatic rings. The van der Waals surface area contributed by atoms with Crippen molar-refractivity contribution in [2.45, 2.75) is 17.9 Å². The Morgan fingerprint density at radius 3 is 2.63 bits per heavy atom. The minimum absolute atomic E-state index is 0.0642. The van der Waals surface area contributed by atoms with Crippen LogP contribution in [0.25, 0.3) is 0 Å². The number of halogens is 2. The number of hydrogen-bond donors (Lipinski definition) is 1. The SMILES string of the molecule is O=C1CC(c2ccsc2)(c2cccc(Oc3cccc(F)c3)n2)N(S)C(=O)C1c1ccccc1Cl. The van der Waals surface area contributed by atoms with Crippen molar-refractivity contribution in [3.05, 3.63) is 111 Å². The lowest BCUT2D eigenvalue weighted by Crippen LogP contribution is -2.54. The Bertz CT molecular complexity index is 1420. The second kappa shape index (κ2) is 9.45. The first-order valence-electron chi connectivity index (χ1n) is 10.6. The lowest BCUT2D eigenvalue weighted by atomic mass is 9.75. The predicted molar refractivity (Wildman–Crippen MR) is 135 cm³/mol. The molecule has 4 aromatic rings. The molecule has 0 radical (unpaired) electrons. The predicted octanol–water partition coefficient (Wildman–Crippen LogP) is 6.40. The van der Waals surface area contributed by atoms with E-state index in [-0.39, 0.29) is 23.8 Å². The van der Waals surface area contributed by atoms with Gasteiger partial charge in [0.15, 0.2) is 5.78 Å². The van der Waals surface area contributed by atoms with Gasteiger partial charge in [0.25, 0.3) is 0 Å². The molecule has 1 aliphatic heterocycles. The highest BCUT2D eigenvalue weighted by atomic mass is 35.5. The highest BCUT2D eigenvalue weighted by molar-refractivity contribution is 7.78. The first-order valence-corrected chi connectivity index (χ1v) is 12.4. The number of benzene rings is 2. The van der Waals surface area contributed by atoms with Crippen molar-refractivity contribution in [1.82, 2.24) is 9.29 Å². The van der Waals surface area contributed by atoms with Crippen molar-refractivity contribution in [2.24, 2.45) is 0 Å². The van der Waals surface area contributed by atoms with Crippen LogP contribution in [0.15, 0.2) is 83.6 Å². The summed E-state index contributed by atoms with van der Waals surface area (Å²) in [5.41, 5.74) is 0.278. The zero-order chi connectivity index (χ0) is 24.6. The maximum Gasteiger partial charge on any atom is 0.248 e. The third kappa shape index (κ3) is 4.22. The van der Waals surface area contributed by atoms with Gasteiger partial charge in [-0.25, -0.2) is 9.37 Å². The monoisotopic (exact) mass is 524 g/mol. The molecule has 5 rings (SSSR count). The Hall–Kier alpha value is -3.20. The van der Waals surface area contributed by atoms with Crippen LogP contribution in [0, 0.1) is 5.82 Å². The van der Waals surface area contributed by atoms with Crippen molar-refractivity contribution < 1.29 is 18.7 Å². The standard InChI is InChI=1S/C26H18ClFN2O3S2/c27-20-8-2-1-7-19(20)24-21(31)14-26(30(34)25(24)32,16-11-12-35-15-16)22-9-4-10-23(29-22)33-18-6-3-5-17(28)13-18/h1-13,15,24,34H,14H2. The Labute approximate surface area is 215 Å². The van der Waals surface area contributed by atoms with E-state index in [1.165, 1.54) is 33.8 Å². The van der Waals surface area contributed by atoms with E-state index in [1.807, 2.05) is 16.8 Å². The molecule has 0 aliphatic carbocycles. The number of carbonyl (C=O) groups is 2. The van der Waals surface area contributed by atoms with Gasteiger partial charge in [0, 0.05) is 23.6 Å². The number of Topliss-reactive ketones (excluding diaryl/α,β-unsaturated/α-hetero) is 1. The molecule has 9 heteroatoms. The molecule has 0 spiro atoms. The van der Waals surface area contributed by atoms with E-state index in [2.05, 4.69) is 17.8 Å². The molecule has 0 bridgehead atoms. The topological polar surface area (TPSA) is 59.5 Å². The molecule has 3 heterocycles. The van der Waals surface area contributed by atoms with Crippen LogP contribution in [0.2, 0.25) is 5.02 Å². The average molecular weight is 525 g/mol. The summed E-state index contributed by atoms with van der Waals surface area (Å²) in [6.07, 6.45) is -0.0642. The van der Waals surface area contributed by atoms with E-state index in [1.54, 1.807) is 48.5 Å². The van der Waals surface area contributed by atoms with Crippen LogP contribution in [-0.2, 0) is 15.1 Å². The number of hydrogen-bond acceptors (Lipinski definition) is 6. The van der Waals surface area contributed by atoms with E-state index in [0.717, 1.165) is 0 Å².